The van der Waals surface area contributed by atoms with E-state index in [1.807, 2.05) is 74.5 Å². The van der Waals surface area contributed by atoms with Gasteiger partial charge >= 0.3 is 5.97 Å². The molecule has 4 rings (SSSR count). The molecule has 2 aliphatic rings. The van der Waals surface area contributed by atoms with E-state index in [4.69, 9.17) is 23.7 Å². The number of carbonyl (C=O) groups excluding carboxylic acids is 1. The molecule has 178 valence electrons. The van der Waals surface area contributed by atoms with Crippen LogP contribution in [0.3, 0.4) is 0 Å². The average molecular weight is 456 g/mol. The predicted octanol–water partition coefficient (Wildman–Crippen LogP) is 3.56. The van der Waals surface area contributed by atoms with Crippen molar-refractivity contribution in [3.63, 3.8) is 0 Å². The van der Waals surface area contributed by atoms with Crippen LogP contribution in [0.15, 0.2) is 60.7 Å². The third kappa shape index (κ3) is 6.19. The maximum atomic E-state index is 12.4. The Labute approximate surface area is 195 Å². The van der Waals surface area contributed by atoms with E-state index in [9.17, 15) is 4.79 Å². The van der Waals surface area contributed by atoms with Crippen LogP contribution in [0.2, 0.25) is 0 Å². The second kappa shape index (κ2) is 10.8. The van der Waals surface area contributed by atoms with E-state index in [2.05, 4.69) is 5.32 Å². The molecule has 0 bridgehead atoms. The van der Waals surface area contributed by atoms with Crippen molar-refractivity contribution in [1.29, 1.82) is 0 Å². The zero-order chi connectivity index (χ0) is 23.3. The van der Waals surface area contributed by atoms with Crippen LogP contribution in [0.1, 0.15) is 38.3 Å². The highest BCUT2D eigenvalue weighted by Gasteiger charge is 2.57. The first-order chi connectivity index (χ1) is 15.9. The number of nitrogens with one attached hydrogen (secondary N) is 1. The van der Waals surface area contributed by atoms with E-state index in [1.165, 1.54) is 0 Å². The summed E-state index contributed by atoms with van der Waals surface area (Å²) < 4.78 is 30.1. The molecule has 0 radical (unpaired) electrons. The topological polar surface area (TPSA) is 75.3 Å². The summed E-state index contributed by atoms with van der Waals surface area (Å²) in [5.41, 5.74) is 2.16. The highest BCUT2D eigenvalue weighted by atomic mass is 16.8. The molecule has 33 heavy (non-hydrogen) atoms. The van der Waals surface area contributed by atoms with Gasteiger partial charge in [-0.3, -0.25) is 4.79 Å². The van der Waals surface area contributed by atoms with E-state index < -0.39 is 24.3 Å². The summed E-state index contributed by atoms with van der Waals surface area (Å²) in [6.07, 6.45) is -1.65. The van der Waals surface area contributed by atoms with Gasteiger partial charge in [0.1, 0.15) is 18.3 Å². The summed E-state index contributed by atoms with van der Waals surface area (Å²) in [5, 5.41) is 3.48. The fourth-order valence-electron chi connectivity index (χ4n) is 4.35. The summed E-state index contributed by atoms with van der Waals surface area (Å²) in [6.45, 7) is 6.88. The normalized spacial score (nSPS) is 26.6. The fourth-order valence-corrected chi connectivity index (χ4v) is 4.35. The van der Waals surface area contributed by atoms with Crippen molar-refractivity contribution in [3.05, 3.63) is 71.8 Å². The Morgan fingerprint density at radius 2 is 1.64 bits per heavy atom. The SMILES string of the molecule is CCOC(=O)C[C@H](NCc1ccccc1)[C@H]1O[C@@H](OCc2ccccc2)[C@H]2OC(C)(C)O[C@H]21. The summed E-state index contributed by atoms with van der Waals surface area (Å²) >= 11 is 0. The van der Waals surface area contributed by atoms with Gasteiger partial charge in [0.2, 0.25) is 0 Å². The maximum absolute atomic E-state index is 12.4. The smallest absolute Gasteiger partial charge is 0.307 e. The molecule has 2 aliphatic heterocycles. The molecule has 2 aromatic rings. The van der Waals surface area contributed by atoms with Gasteiger partial charge in [0.25, 0.3) is 0 Å². The Balaban J connectivity index is 1.50. The summed E-state index contributed by atoms with van der Waals surface area (Å²) in [6, 6.07) is 19.6. The molecule has 0 amide bonds. The zero-order valence-corrected chi connectivity index (χ0v) is 19.4. The van der Waals surface area contributed by atoms with Gasteiger partial charge in [-0.05, 0) is 31.9 Å². The van der Waals surface area contributed by atoms with E-state index >= 15 is 0 Å². The van der Waals surface area contributed by atoms with E-state index in [-0.39, 0.29) is 24.5 Å². The molecule has 0 saturated carbocycles. The Hall–Kier alpha value is -2.29. The van der Waals surface area contributed by atoms with Crippen molar-refractivity contribution >= 4 is 5.97 Å². The number of benzene rings is 2. The Bertz CT molecular complexity index is 890. The van der Waals surface area contributed by atoms with Crippen molar-refractivity contribution < 1.29 is 28.5 Å². The van der Waals surface area contributed by atoms with Crippen molar-refractivity contribution in [2.24, 2.45) is 0 Å². The molecule has 2 saturated heterocycles. The molecule has 1 N–H and O–H groups in total. The molecule has 2 heterocycles. The van der Waals surface area contributed by atoms with E-state index in [0.717, 1.165) is 11.1 Å². The zero-order valence-electron chi connectivity index (χ0n) is 19.4. The number of hydrogen-bond acceptors (Lipinski definition) is 7. The van der Waals surface area contributed by atoms with Crippen LogP contribution in [0, 0.1) is 0 Å². The van der Waals surface area contributed by atoms with Crippen molar-refractivity contribution in [3.8, 4) is 0 Å². The molecule has 0 spiro atoms. The van der Waals surface area contributed by atoms with Gasteiger partial charge < -0.3 is 29.0 Å². The Morgan fingerprint density at radius 3 is 2.30 bits per heavy atom. The first-order valence-electron chi connectivity index (χ1n) is 11.5. The maximum Gasteiger partial charge on any atom is 0.307 e. The van der Waals surface area contributed by atoms with Crippen LogP contribution in [0.5, 0.6) is 0 Å². The van der Waals surface area contributed by atoms with E-state index in [0.29, 0.717) is 19.8 Å². The van der Waals surface area contributed by atoms with Gasteiger partial charge in [0.05, 0.1) is 19.6 Å². The lowest BCUT2D eigenvalue weighted by Crippen LogP contribution is -2.47. The molecule has 0 aromatic heterocycles. The van der Waals surface area contributed by atoms with Gasteiger partial charge in [-0.15, -0.1) is 0 Å². The monoisotopic (exact) mass is 455 g/mol. The quantitative estimate of drug-likeness (QED) is 0.549. The van der Waals surface area contributed by atoms with Crippen molar-refractivity contribution in [2.75, 3.05) is 6.61 Å². The first-order valence-corrected chi connectivity index (χ1v) is 11.5. The predicted molar refractivity (Wildman–Crippen MR) is 122 cm³/mol. The fraction of sp³-hybridized carbons (Fsp3) is 0.500. The lowest BCUT2D eigenvalue weighted by molar-refractivity contribution is -0.239. The van der Waals surface area contributed by atoms with Crippen molar-refractivity contribution in [2.45, 2.75) is 76.8 Å². The summed E-state index contributed by atoms with van der Waals surface area (Å²) in [7, 11) is 0. The number of rotatable bonds is 10. The number of fused-ring (bicyclic) bond motifs is 1. The van der Waals surface area contributed by atoms with Gasteiger partial charge in [0.15, 0.2) is 12.1 Å². The standard InChI is InChI=1S/C26H33NO6/c1-4-29-21(28)15-20(27-16-18-11-7-5-8-12-18)22-23-24(33-26(2,3)32-23)25(31-22)30-17-19-13-9-6-10-14-19/h5-14,20,22-25,27H,4,15-17H2,1-3H3/t20-,22+,23-,24-,25+/m0/s1. The van der Waals surface area contributed by atoms with Crippen LogP contribution in [0.25, 0.3) is 0 Å². The molecular formula is C26H33NO6. The van der Waals surface area contributed by atoms with Crippen LogP contribution in [0.4, 0.5) is 0 Å². The molecule has 0 unspecified atom stereocenters. The molecule has 7 heteroatoms. The van der Waals surface area contributed by atoms with Crippen LogP contribution >= 0.6 is 0 Å². The molecule has 0 aliphatic carbocycles. The average Bonchev–Trinajstić information content (AvgIpc) is 3.29. The molecule has 7 nitrogen and oxygen atoms in total. The highest BCUT2D eigenvalue weighted by molar-refractivity contribution is 5.70. The number of hydrogen-bond donors (Lipinski definition) is 1. The van der Waals surface area contributed by atoms with Gasteiger partial charge in [-0.2, -0.15) is 0 Å². The largest absolute Gasteiger partial charge is 0.466 e. The lowest BCUT2D eigenvalue weighted by Gasteiger charge is -2.29. The molecule has 2 fully saturated rings. The summed E-state index contributed by atoms with van der Waals surface area (Å²) in [4.78, 5) is 12.4. The van der Waals surface area contributed by atoms with Crippen molar-refractivity contribution in [1.82, 2.24) is 5.32 Å². The summed E-state index contributed by atoms with van der Waals surface area (Å²) in [5.74, 6) is -1.05. The number of carbonyl (C=O) groups is 1. The van der Waals surface area contributed by atoms with Crippen LogP contribution in [-0.4, -0.2) is 49.0 Å². The minimum Gasteiger partial charge on any atom is -0.466 e. The number of ether oxygens (including phenoxy) is 5. The Morgan fingerprint density at radius 1 is 1.00 bits per heavy atom. The van der Waals surface area contributed by atoms with Gasteiger partial charge in [0, 0.05) is 12.6 Å². The third-order valence-corrected chi connectivity index (χ3v) is 5.80. The molecule has 2 aromatic carbocycles. The second-order valence-electron chi connectivity index (χ2n) is 8.81. The number of esters is 1. The van der Waals surface area contributed by atoms with E-state index in [1.54, 1.807) is 6.92 Å². The molecule has 5 atom stereocenters. The first kappa shape index (κ1) is 23.9. The van der Waals surface area contributed by atoms with Gasteiger partial charge in [-0.25, -0.2) is 0 Å². The van der Waals surface area contributed by atoms with Crippen LogP contribution in [-0.2, 0) is 41.6 Å². The molecular weight excluding hydrogens is 422 g/mol. The van der Waals surface area contributed by atoms with Gasteiger partial charge in [-0.1, -0.05) is 60.7 Å². The van der Waals surface area contributed by atoms with Crippen LogP contribution < -0.4 is 5.32 Å². The minimum atomic E-state index is -0.764. The third-order valence-electron chi connectivity index (χ3n) is 5.80. The second-order valence-corrected chi connectivity index (χ2v) is 8.81. The minimum absolute atomic E-state index is 0.157. The lowest BCUT2D eigenvalue weighted by atomic mass is 10.0. The highest BCUT2D eigenvalue weighted by Crippen LogP contribution is 2.41. The Kier molecular flexibility index (Phi) is 7.78.